The molecule has 0 bridgehead atoms. The van der Waals surface area contributed by atoms with Gasteiger partial charge in [0.25, 0.3) is 5.22 Å². The summed E-state index contributed by atoms with van der Waals surface area (Å²) in [6.45, 7) is 1.10. The summed E-state index contributed by atoms with van der Waals surface area (Å²) in [5, 5.41) is 8.86. The van der Waals surface area contributed by atoms with Crippen LogP contribution in [0.3, 0.4) is 0 Å². The molecule has 1 amide bonds. The molecule has 0 atom stereocenters. The molecule has 138 valence electrons. The largest absolute Gasteiger partial charge is 0.469 e. The normalized spacial score (nSPS) is 15.1. The van der Waals surface area contributed by atoms with Crippen LogP contribution in [0, 0.1) is 5.92 Å². The molecule has 1 fully saturated rings. The molecule has 0 unspecified atom stereocenters. The third kappa shape index (κ3) is 4.56. The zero-order valence-electron chi connectivity index (χ0n) is 14.2. The number of methoxy groups -OCH3 is 1. The van der Waals surface area contributed by atoms with Crippen LogP contribution in [0.4, 0.5) is 0 Å². The first-order valence-corrected chi connectivity index (χ1v) is 9.51. The minimum Gasteiger partial charge on any atom is -0.469 e. The molecule has 1 aromatic heterocycles. The van der Waals surface area contributed by atoms with E-state index in [2.05, 4.69) is 10.2 Å². The van der Waals surface area contributed by atoms with Crippen LogP contribution in [0.15, 0.2) is 33.9 Å². The van der Waals surface area contributed by atoms with Gasteiger partial charge in [0, 0.05) is 23.7 Å². The van der Waals surface area contributed by atoms with E-state index < -0.39 is 0 Å². The number of rotatable bonds is 5. The summed E-state index contributed by atoms with van der Waals surface area (Å²) < 4.78 is 10.3. The maximum absolute atomic E-state index is 12.3. The molecule has 3 rings (SSSR count). The number of hydrogen-bond donors (Lipinski definition) is 0. The van der Waals surface area contributed by atoms with E-state index >= 15 is 0 Å². The molecule has 0 saturated carbocycles. The summed E-state index contributed by atoms with van der Waals surface area (Å²) in [6.07, 6.45) is 1.26. The van der Waals surface area contributed by atoms with Gasteiger partial charge >= 0.3 is 5.97 Å². The van der Waals surface area contributed by atoms with Crippen molar-refractivity contribution in [2.24, 2.45) is 5.92 Å². The number of aromatic nitrogens is 2. The van der Waals surface area contributed by atoms with Gasteiger partial charge in [0.15, 0.2) is 0 Å². The van der Waals surface area contributed by atoms with Crippen LogP contribution in [-0.4, -0.2) is 52.9 Å². The first-order chi connectivity index (χ1) is 12.6. The quantitative estimate of drug-likeness (QED) is 0.568. The molecule has 2 heterocycles. The van der Waals surface area contributed by atoms with Crippen molar-refractivity contribution in [2.45, 2.75) is 18.1 Å². The third-order valence-corrected chi connectivity index (χ3v) is 5.22. The number of amides is 1. The number of carbonyl (C=O) groups excluding carboxylic acids is 2. The van der Waals surface area contributed by atoms with Crippen molar-refractivity contribution in [1.29, 1.82) is 0 Å². The molecule has 26 heavy (non-hydrogen) atoms. The Bertz CT molecular complexity index is 790. The van der Waals surface area contributed by atoms with Gasteiger partial charge in [0.05, 0.1) is 18.8 Å². The van der Waals surface area contributed by atoms with Crippen molar-refractivity contribution >= 4 is 35.2 Å². The minimum atomic E-state index is -0.203. The molecule has 2 aromatic rings. The fourth-order valence-corrected chi connectivity index (χ4v) is 3.61. The van der Waals surface area contributed by atoms with E-state index in [-0.39, 0.29) is 23.5 Å². The van der Waals surface area contributed by atoms with Gasteiger partial charge in [-0.15, -0.1) is 10.2 Å². The van der Waals surface area contributed by atoms with Crippen LogP contribution in [0.25, 0.3) is 11.5 Å². The number of likely N-dealkylation sites (tertiary alicyclic amines) is 1. The molecule has 0 N–H and O–H groups in total. The lowest BCUT2D eigenvalue weighted by molar-refractivity contribution is -0.148. The number of carbonyl (C=O) groups is 2. The van der Waals surface area contributed by atoms with Gasteiger partial charge in [-0.2, -0.15) is 0 Å². The second-order valence-corrected chi connectivity index (χ2v) is 7.21. The second-order valence-electron chi connectivity index (χ2n) is 5.85. The Morgan fingerprint density at radius 3 is 2.81 bits per heavy atom. The van der Waals surface area contributed by atoms with Crippen molar-refractivity contribution in [3.8, 4) is 11.5 Å². The maximum atomic E-state index is 12.3. The van der Waals surface area contributed by atoms with Crippen LogP contribution >= 0.6 is 23.4 Å². The number of nitrogens with zero attached hydrogens (tertiary/aromatic N) is 3. The Morgan fingerprint density at radius 2 is 2.12 bits per heavy atom. The van der Waals surface area contributed by atoms with Gasteiger partial charge in [-0.05, 0) is 31.0 Å². The first kappa shape index (κ1) is 18.7. The Kier molecular flexibility index (Phi) is 6.16. The Hall–Kier alpha value is -2.06. The van der Waals surface area contributed by atoms with E-state index in [4.69, 9.17) is 20.8 Å². The van der Waals surface area contributed by atoms with Crippen molar-refractivity contribution in [1.82, 2.24) is 15.1 Å². The van der Waals surface area contributed by atoms with Crippen LogP contribution in [0.1, 0.15) is 12.8 Å². The molecule has 1 aliphatic heterocycles. The van der Waals surface area contributed by atoms with Crippen LogP contribution in [0.2, 0.25) is 5.02 Å². The van der Waals surface area contributed by atoms with Gasteiger partial charge < -0.3 is 14.1 Å². The predicted octanol–water partition coefficient (Wildman–Crippen LogP) is 2.89. The highest BCUT2D eigenvalue weighted by Gasteiger charge is 2.28. The molecule has 0 radical (unpaired) electrons. The van der Waals surface area contributed by atoms with Gasteiger partial charge in [-0.25, -0.2) is 0 Å². The predicted molar refractivity (Wildman–Crippen MR) is 96.8 cm³/mol. The van der Waals surface area contributed by atoms with Gasteiger partial charge in [0.2, 0.25) is 11.8 Å². The van der Waals surface area contributed by atoms with Crippen molar-refractivity contribution in [2.75, 3.05) is 26.0 Å². The van der Waals surface area contributed by atoms with Crippen molar-refractivity contribution < 1.29 is 18.7 Å². The van der Waals surface area contributed by atoms with E-state index in [9.17, 15) is 9.59 Å². The average molecular weight is 396 g/mol. The number of benzene rings is 1. The highest BCUT2D eigenvalue weighted by atomic mass is 35.5. The number of esters is 1. The lowest BCUT2D eigenvalue weighted by Crippen LogP contribution is -2.41. The SMILES string of the molecule is COC(=O)C1CCN(C(=O)CSc2nnc(-c3cccc(Cl)c3)o2)CC1. The number of thioether (sulfide) groups is 1. The molecular formula is C17H18ClN3O4S. The van der Waals surface area contributed by atoms with Crippen LogP contribution in [0.5, 0.6) is 0 Å². The van der Waals surface area contributed by atoms with Gasteiger partial charge in [0.1, 0.15) is 0 Å². The summed E-state index contributed by atoms with van der Waals surface area (Å²) in [7, 11) is 1.39. The second kappa shape index (κ2) is 8.55. The molecule has 1 saturated heterocycles. The van der Waals surface area contributed by atoms with E-state index in [1.54, 1.807) is 23.1 Å². The first-order valence-electron chi connectivity index (χ1n) is 8.14. The van der Waals surface area contributed by atoms with Gasteiger partial charge in [-0.3, -0.25) is 9.59 Å². The molecule has 0 aliphatic carbocycles. The van der Waals surface area contributed by atoms with E-state index in [0.717, 1.165) is 5.56 Å². The number of hydrogen-bond acceptors (Lipinski definition) is 7. The lowest BCUT2D eigenvalue weighted by atomic mass is 9.97. The summed E-state index contributed by atoms with van der Waals surface area (Å²) in [5.74, 6) is 0.237. The number of piperidine rings is 1. The smallest absolute Gasteiger partial charge is 0.308 e. The van der Waals surface area contributed by atoms with Crippen molar-refractivity contribution in [3.63, 3.8) is 0 Å². The minimum absolute atomic E-state index is 0.0131. The standard InChI is InChI=1S/C17H18ClN3O4S/c1-24-16(23)11-5-7-21(8-6-11)14(22)10-26-17-20-19-15(25-17)12-3-2-4-13(18)9-12/h2-4,9,11H,5-8,10H2,1H3. The Labute approximate surface area is 160 Å². The van der Waals surface area contributed by atoms with Crippen LogP contribution < -0.4 is 0 Å². The Balaban J connectivity index is 1.50. The lowest BCUT2D eigenvalue weighted by Gasteiger charge is -2.30. The summed E-state index contributed by atoms with van der Waals surface area (Å²) in [4.78, 5) is 25.6. The maximum Gasteiger partial charge on any atom is 0.308 e. The Morgan fingerprint density at radius 1 is 1.35 bits per heavy atom. The summed E-state index contributed by atoms with van der Waals surface area (Å²) in [5.41, 5.74) is 0.730. The van der Waals surface area contributed by atoms with E-state index in [1.165, 1.54) is 18.9 Å². The number of ether oxygens (including phenoxy) is 1. The van der Waals surface area contributed by atoms with Gasteiger partial charge in [-0.1, -0.05) is 29.4 Å². The topological polar surface area (TPSA) is 85.5 Å². The zero-order valence-corrected chi connectivity index (χ0v) is 15.8. The highest BCUT2D eigenvalue weighted by molar-refractivity contribution is 7.99. The van der Waals surface area contributed by atoms with Crippen LogP contribution in [-0.2, 0) is 14.3 Å². The fourth-order valence-electron chi connectivity index (χ4n) is 2.75. The summed E-state index contributed by atoms with van der Waals surface area (Å²) in [6, 6.07) is 7.12. The van der Waals surface area contributed by atoms with E-state index in [1.807, 2.05) is 6.07 Å². The van der Waals surface area contributed by atoms with E-state index in [0.29, 0.717) is 42.1 Å². The molecule has 1 aliphatic rings. The van der Waals surface area contributed by atoms with Crippen molar-refractivity contribution in [3.05, 3.63) is 29.3 Å². The third-order valence-electron chi connectivity index (χ3n) is 4.18. The molecular weight excluding hydrogens is 378 g/mol. The molecule has 9 heteroatoms. The fraction of sp³-hybridized carbons (Fsp3) is 0.412. The molecule has 7 nitrogen and oxygen atoms in total. The molecule has 0 spiro atoms. The highest BCUT2D eigenvalue weighted by Crippen LogP contribution is 2.26. The summed E-state index contributed by atoms with van der Waals surface area (Å²) >= 11 is 7.15. The molecule has 1 aromatic carbocycles. The zero-order chi connectivity index (χ0) is 18.5. The monoisotopic (exact) mass is 395 g/mol. The number of halogens is 1. The average Bonchev–Trinajstić information content (AvgIpc) is 3.14.